The molecule has 8 heteroatoms. The van der Waals surface area contributed by atoms with E-state index in [-0.39, 0.29) is 24.8 Å². The zero-order valence-corrected chi connectivity index (χ0v) is 22.4. The molecule has 2 rings (SSSR count). The summed E-state index contributed by atoms with van der Waals surface area (Å²) >= 11 is 0. The second kappa shape index (κ2) is 13.3. The van der Waals surface area contributed by atoms with E-state index < -0.39 is 16.1 Å². The number of hydrogen-bond acceptors (Lipinski definition) is 4. The number of nitrogens with zero attached hydrogens (tertiary/aromatic N) is 2. The lowest BCUT2D eigenvalue weighted by molar-refractivity contribution is -0.141. The second-order valence-corrected chi connectivity index (χ2v) is 10.8. The molecule has 1 unspecified atom stereocenters. The number of amides is 2. The number of aryl methyl sites for hydroxylation is 1. The maximum atomic E-state index is 13.4. The van der Waals surface area contributed by atoms with E-state index >= 15 is 0 Å². The largest absolute Gasteiger partial charge is 0.354 e. The zero-order valence-electron chi connectivity index (χ0n) is 21.6. The molecule has 0 bridgehead atoms. The second-order valence-electron chi connectivity index (χ2n) is 8.88. The molecule has 0 spiro atoms. The van der Waals surface area contributed by atoms with Crippen molar-refractivity contribution < 1.29 is 18.0 Å². The van der Waals surface area contributed by atoms with Crippen LogP contribution in [-0.2, 0) is 26.2 Å². The molecule has 0 aliphatic carbocycles. The van der Waals surface area contributed by atoms with Gasteiger partial charge in [0.25, 0.3) is 0 Å². The molecule has 0 saturated heterocycles. The highest BCUT2D eigenvalue weighted by molar-refractivity contribution is 7.92. The van der Waals surface area contributed by atoms with E-state index in [1.54, 1.807) is 11.0 Å². The van der Waals surface area contributed by atoms with Crippen molar-refractivity contribution in [2.75, 3.05) is 23.7 Å². The van der Waals surface area contributed by atoms with Gasteiger partial charge in [0.2, 0.25) is 21.8 Å². The summed E-state index contributed by atoms with van der Waals surface area (Å²) in [5.74, 6) is -0.325. The Hall–Kier alpha value is -2.87. The van der Waals surface area contributed by atoms with E-state index in [0.717, 1.165) is 23.1 Å². The SMILES string of the molecule is CCCNC(=O)C(CC)N(Cc1ccccc1)C(=O)CCCN(c1cccc(C)c1C)S(C)(=O)=O. The Morgan fingerprint density at radius 3 is 2.29 bits per heavy atom. The molecule has 1 N–H and O–H groups in total. The number of sulfonamides is 1. The Morgan fingerprint density at radius 2 is 1.69 bits per heavy atom. The van der Waals surface area contributed by atoms with Crippen LogP contribution in [0, 0.1) is 13.8 Å². The van der Waals surface area contributed by atoms with Gasteiger partial charge >= 0.3 is 0 Å². The van der Waals surface area contributed by atoms with Crippen molar-refractivity contribution in [3.8, 4) is 0 Å². The van der Waals surface area contributed by atoms with Gasteiger partial charge in [-0.2, -0.15) is 0 Å². The number of hydrogen-bond donors (Lipinski definition) is 1. The molecule has 2 aromatic rings. The summed E-state index contributed by atoms with van der Waals surface area (Å²) in [6, 6.07) is 14.6. The molecular weight excluding hydrogens is 462 g/mol. The molecule has 2 aromatic carbocycles. The predicted octanol–water partition coefficient (Wildman–Crippen LogP) is 4.18. The van der Waals surface area contributed by atoms with Crippen LogP contribution in [0.5, 0.6) is 0 Å². The Balaban J connectivity index is 2.21. The summed E-state index contributed by atoms with van der Waals surface area (Å²) in [7, 11) is -3.52. The lowest BCUT2D eigenvalue weighted by Crippen LogP contribution is -2.49. The van der Waals surface area contributed by atoms with Crippen LogP contribution < -0.4 is 9.62 Å². The minimum Gasteiger partial charge on any atom is -0.354 e. The third kappa shape index (κ3) is 8.09. The minimum absolute atomic E-state index is 0.140. The van der Waals surface area contributed by atoms with Crippen LogP contribution in [0.2, 0.25) is 0 Å². The van der Waals surface area contributed by atoms with E-state index in [1.807, 2.05) is 70.2 Å². The first-order chi connectivity index (χ1) is 16.6. The fourth-order valence-electron chi connectivity index (χ4n) is 4.05. The normalized spacial score (nSPS) is 12.1. The third-order valence-electron chi connectivity index (χ3n) is 6.13. The predicted molar refractivity (Wildman–Crippen MR) is 142 cm³/mol. The van der Waals surface area contributed by atoms with Gasteiger partial charge in [-0.15, -0.1) is 0 Å². The van der Waals surface area contributed by atoms with Gasteiger partial charge in [-0.3, -0.25) is 13.9 Å². The maximum absolute atomic E-state index is 13.4. The highest BCUT2D eigenvalue weighted by Crippen LogP contribution is 2.25. The van der Waals surface area contributed by atoms with Gasteiger partial charge in [0.05, 0.1) is 11.9 Å². The van der Waals surface area contributed by atoms with Crippen molar-refractivity contribution in [2.24, 2.45) is 0 Å². The molecular formula is C27H39N3O4S. The van der Waals surface area contributed by atoms with Crippen molar-refractivity contribution in [2.45, 2.75) is 66.0 Å². The van der Waals surface area contributed by atoms with E-state index in [4.69, 9.17) is 0 Å². The third-order valence-corrected chi connectivity index (χ3v) is 7.31. The lowest BCUT2D eigenvalue weighted by Gasteiger charge is -2.31. The first-order valence-electron chi connectivity index (χ1n) is 12.2. The summed E-state index contributed by atoms with van der Waals surface area (Å²) < 4.78 is 26.5. The summed E-state index contributed by atoms with van der Waals surface area (Å²) in [6.45, 7) is 8.79. The maximum Gasteiger partial charge on any atom is 0.242 e. The van der Waals surface area contributed by atoms with Crippen LogP contribution in [0.25, 0.3) is 0 Å². The average molecular weight is 502 g/mol. The molecule has 192 valence electrons. The molecule has 0 aromatic heterocycles. The van der Waals surface area contributed by atoms with Crippen molar-refractivity contribution in [3.63, 3.8) is 0 Å². The Kier molecular flexibility index (Phi) is 10.8. The monoisotopic (exact) mass is 501 g/mol. The first kappa shape index (κ1) is 28.4. The smallest absolute Gasteiger partial charge is 0.242 e. The minimum atomic E-state index is -3.52. The topological polar surface area (TPSA) is 86.8 Å². The van der Waals surface area contributed by atoms with Gasteiger partial charge in [0.15, 0.2) is 0 Å². The van der Waals surface area contributed by atoms with Gasteiger partial charge in [-0.1, -0.05) is 56.3 Å². The number of nitrogens with one attached hydrogen (secondary N) is 1. The number of benzene rings is 2. The molecule has 7 nitrogen and oxygen atoms in total. The molecule has 0 aliphatic heterocycles. The molecule has 0 saturated carbocycles. The highest BCUT2D eigenvalue weighted by atomic mass is 32.2. The number of rotatable bonds is 13. The summed E-state index contributed by atoms with van der Waals surface area (Å²) in [5, 5.41) is 2.91. The van der Waals surface area contributed by atoms with Crippen molar-refractivity contribution in [1.29, 1.82) is 0 Å². The lowest BCUT2D eigenvalue weighted by atomic mass is 10.1. The summed E-state index contributed by atoms with van der Waals surface area (Å²) in [5.41, 5.74) is 3.47. The Bertz CT molecular complexity index is 1090. The quantitative estimate of drug-likeness (QED) is 0.446. The van der Waals surface area contributed by atoms with E-state index in [1.165, 1.54) is 10.6 Å². The molecule has 0 radical (unpaired) electrons. The van der Waals surface area contributed by atoms with Crippen LogP contribution in [0.1, 0.15) is 56.2 Å². The molecule has 2 amide bonds. The first-order valence-corrected chi connectivity index (χ1v) is 14.1. The van der Waals surface area contributed by atoms with Crippen LogP contribution in [-0.4, -0.2) is 50.5 Å². The zero-order chi connectivity index (χ0) is 26.0. The standard InChI is InChI=1S/C27H39N3O4S/c1-6-18-28-27(32)24(7-2)29(20-23-14-9-8-10-15-23)26(31)17-12-19-30(35(5,33)34)25-16-11-13-21(3)22(25)4/h8-11,13-16,24H,6-7,12,17-20H2,1-5H3,(H,28,32). The van der Waals surface area contributed by atoms with Gasteiger partial charge in [-0.25, -0.2) is 8.42 Å². The van der Waals surface area contributed by atoms with Gasteiger partial charge in [-0.05, 0) is 55.9 Å². The van der Waals surface area contributed by atoms with E-state index in [2.05, 4.69) is 5.32 Å². The van der Waals surface area contributed by atoms with E-state index in [9.17, 15) is 18.0 Å². The van der Waals surface area contributed by atoms with E-state index in [0.29, 0.717) is 31.6 Å². The highest BCUT2D eigenvalue weighted by Gasteiger charge is 2.28. The molecule has 0 heterocycles. The molecule has 0 aliphatic rings. The Morgan fingerprint density at radius 1 is 1.00 bits per heavy atom. The number of anilines is 1. The summed E-state index contributed by atoms with van der Waals surface area (Å²) in [4.78, 5) is 27.9. The Labute approximate surface area is 210 Å². The van der Waals surface area contributed by atoms with Crippen LogP contribution in [0.3, 0.4) is 0 Å². The van der Waals surface area contributed by atoms with Gasteiger partial charge < -0.3 is 10.2 Å². The summed E-state index contributed by atoms with van der Waals surface area (Å²) in [6.07, 6.45) is 2.98. The number of carbonyl (C=O) groups excluding carboxylic acids is 2. The van der Waals surface area contributed by atoms with Crippen molar-refractivity contribution in [1.82, 2.24) is 10.2 Å². The average Bonchev–Trinajstić information content (AvgIpc) is 2.82. The fourth-order valence-corrected chi connectivity index (χ4v) is 5.07. The molecule has 1 atom stereocenters. The fraction of sp³-hybridized carbons (Fsp3) is 0.481. The van der Waals surface area contributed by atoms with Crippen molar-refractivity contribution >= 4 is 27.5 Å². The number of carbonyl (C=O) groups is 2. The van der Waals surface area contributed by atoms with Crippen LogP contribution in [0.4, 0.5) is 5.69 Å². The molecule has 35 heavy (non-hydrogen) atoms. The van der Waals surface area contributed by atoms with Crippen LogP contribution >= 0.6 is 0 Å². The van der Waals surface area contributed by atoms with Gasteiger partial charge in [0, 0.05) is 26.1 Å². The van der Waals surface area contributed by atoms with Gasteiger partial charge in [0.1, 0.15) is 6.04 Å². The van der Waals surface area contributed by atoms with Crippen molar-refractivity contribution in [3.05, 3.63) is 65.2 Å². The van der Waals surface area contributed by atoms with Crippen LogP contribution in [0.15, 0.2) is 48.5 Å². The molecule has 0 fully saturated rings.